The Morgan fingerprint density at radius 2 is 2.17 bits per heavy atom. The van der Waals surface area contributed by atoms with Crippen molar-refractivity contribution in [3.63, 3.8) is 0 Å². The van der Waals surface area contributed by atoms with Crippen molar-refractivity contribution in [3.8, 4) is 5.75 Å². The van der Waals surface area contributed by atoms with Gasteiger partial charge in [-0.15, -0.1) is 0 Å². The van der Waals surface area contributed by atoms with Crippen LogP contribution in [0.1, 0.15) is 6.92 Å². The number of nitrogens with zero attached hydrogens (tertiary/aromatic N) is 1. The minimum atomic E-state index is -3.56. The van der Waals surface area contributed by atoms with E-state index in [4.69, 9.17) is 4.74 Å². The largest absolute Gasteiger partial charge is 0.491 e. The van der Waals surface area contributed by atoms with Crippen LogP contribution in [0.5, 0.6) is 5.75 Å². The van der Waals surface area contributed by atoms with E-state index < -0.39 is 10.0 Å². The average molecular weight is 270 g/mol. The number of ether oxygens (including phenoxy) is 1. The van der Waals surface area contributed by atoms with E-state index in [1.54, 1.807) is 12.1 Å². The second-order valence-corrected chi connectivity index (χ2v) is 6.03. The molecule has 1 heterocycles. The molecule has 0 spiro atoms. The fourth-order valence-corrected chi connectivity index (χ4v) is 2.99. The Morgan fingerprint density at radius 1 is 1.44 bits per heavy atom. The van der Waals surface area contributed by atoms with Gasteiger partial charge in [0, 0.05) is 26.2 Å². The predicted molar refractivity (Wildman–Crippen MR) is 66.1 cm³/mol. The first kappa shape index (κ1) is 12.8. The number of anilines is 1. The SMILES string of the molecule is CC(=O)Nc1ccc2c(c1)S(=O)(=O)N(C)CCO2. The smallest absolute Gasteiger partial charge is 0.246 e. The highest BCUT2D eigenvalue weighted by Gasteiger charge is 2.28. The van der Waals surface area contributed by atoms with Gasteiger partial charge in [0.05, 0.1) is 0 Å². The molecule has 7 heteroatoms. The van der Waals surface area contributed by atoms with E-state index in [0.717, 1.165) is 0 Å². The summed E-state index contributed by atoms with van der Waals surface area (Å²) in [5, 5.41) is 2.55. The van der Waals surface area contributed by atoms with Crippen molar-refractivity contribution < 1.29 is 17.9 Å². The molecule has 0 fully saturated rings. The summed E-state index contributed by atoms with van der Waals surface area (Å²) in [6.07, 6.45) is 0. The van der Waals surface area contributed by atoms with Gasteiger partial charge in [0.2, 0.25) is 15.9 Å². The van der Waals surface area contributed by atoms with E-state index in [2.05, 4.69) is 5.32 Å². The number of benzene rings is 1. The summed E-state index contributed by atoms with van der Waals surface area (Å²) in [5.41, 5.74) is 0.434. The van der Waals surface area contributed by atoms with Crippen LogP contribution in [0.25, 0.3) is 0 Å². The van der Waals surface area contributed by atoms with Gasteiger partial charge < -0.3 is 10.1 Å². The summed E-state index contributed by atoms with van der Waals surface area (Å²) in [6.45, 7) is 1.97. The van der Waals surface area contributed by atoms with Gasteiger partial charge >= 0.3 is 0 Å². The molecule has 1 N–H and O–H groups in total. The van der Waals surface area contributed by atoms with E-state index in [0.29, 0.717) is 24.6 Å². The van der Waals surface area contributed by atoms with Crippen LogP contribution in [0.3, 0.4) is 0 Å². The summed E-state index contributed by atoms with van der Waals surface area (Å²) in [6, 6.07) is 4.58. The number of rotatable bonds is 1. The topological polar surface area (TPSA) is 75.7 Å². The number of fused-ring (bicyclic) bond motifs is 1. The lowest BCUT2D eigenvalue weighted by atomic mass is 10.3. The second kappa shape index (κ2) is 4.58. The molecule has 2 rings (SSSR count). The van der Waals surface area contributed by atoms with Crippen molar-refractivity contribution in [1.82, 2.24) is 4.31 Å². The third-order valence-corrected chi connectivity index (χ3v) is 4.49. The normalized spacial score (nSPS) is 18.3. The van der Waals surface area contributed by atoms with Crippen LogP contribution in [-0.2, 0) is 14.8 Å². The number of nitrogens with one attached hydrogen (secondary N) is 1. The van der Waals surface area contributed by atoms with Crippen LogP contribution >= 0.6 is 0 Å². The van der Waals surface area contributed by atoms with Crippen LogP contribution in [0, 0.1) is 0 Å². The van der Waals surface area contributed by atoms with Crippen LogP contribution in [0.15, 0.2) is 23.1 Å². The first-order chi connectivity index (χ1) is 8.41. The Kier molecular flexibility index (Phi) is 3.27. The fourth-order valence-electron chi connectivity index (χ4n) is 1.68. The number of amides is 1. The van der Waals surface area contributed by atoms with Crippen LogP contribution in [-0.4, -0.2) is 38.8 Å². The lowest BCUT2D eigenvalue weighted by Crippen LogP contribution is -2.28. The monoisotopic (exact) mass is 270 g/mol. The third kappa shape index (κ3) is 2.32. The molecular formula is C11H14N2O4S. The van der Waals surface area contributed by atoms with Gasteiger partial charge in [0.15, 0.2) is 0 Å². The molecule has 1 aromatic rings. The van der Waals surface area contributed by atoms with Crippen LogP contribution < -0.4 is 10.1 Å². The number of carbonyl (C=O) groups excluding carboxylic acids is 1. The molecule has 98 valence electrons. The Hall–Kier alpha value is -1.60. The molecule has 1 aliphatic rings. The number of sulfonamides is 1. The van der Waals surface area contributed by atoms with Crippen molar-refractivity contribution in [2.75, 3.05) is 25.5 Å². The maximum absolute atomic E-state index is 12.2. The molecular weight excluding hydrogens is 256 g/mol. The van der Waals surface area contributed by atoms with Gasteiger partial charge in [-0.1, -0.05) is 0 Å². The summed E-state index contributed by atoms with van der Waals surface area (Å²) in [7, 11) is -2.06. The zero-order valence-electron chi connectivity index (χ0n) is 10.1. The molecule has 18 heavy (non-hydrogen) atoms. The molecule has 0 unspecified atom stereocenters. The van der Waals surface area contributed by atoms with Gasteiger partial charge in [-0.05, 0) is 18.2 Å². The van der Waals surface area contributed by atoms with Gasteiger partial charge in [0.1, 0.15) is 17.3 Å². The highest BCUT2D eigenvalue weighted by molar-refractivity contribution is 7.89. The Labute approximate surface area is 106 Å². The minimum absolute atomic E-state index is 0.0775. The predicted octanol–water partition coefficient (Wildman–Crippen LogP) is 0.658. The van der Waals surface area contributed by atoms with Gasteiger partial charge in [0.25, 0.3) is 0 Å². The Balaban J connectivity index is 2.52. The average Bonchev–Trinajstić information content (AvgIpc) is 2.38. The van der Waals surface area contributed by atoms with Crippen molar-refractivity contribution in [3.05, 3.63) is 18.2 Å². The van der Waals surface area contributed by atoms with Gasteiger partial charge in [-0.2, -0.15) is 4.31 Å². The zero-order valence-corrected chi connectivity index (χ0v) is 11.0. The van der Waals surface area contributed by atoms with Gasteiger partial charge in [-0.3, -0.25) is 4.79 Å². The highest BCUT2D eigenvalue weighted by Crippen LogP contribution is 2.31. The fraction of sp³-hybridized carbons (Fsp3) is 0.364. The van der Waals surface area contributed by atoms with E-state index in [-0.39, 0.29) is 10.8 Å². The number of likely N-dealkylation sites (N-methyl/N-ethyl adjacent to an activating group) is 1. The number of carbonyl (C=O) groups is 1. The summed E-state index contributed by atoms with van der Waals surface area (Å²) in [5.74, 6) is 0.0590. The molecule has 1 amide bonds. The molecule has 6 nitrogen and oxygen atoms in total. The Morgan fingerprint density at radius 3 is 2.83 bits per heavy atom. The molecule has 0 atom stereocenters. The van der Waals surface area contributed by atoms with Crippen LogP contribution in [0.2, 0.25) is 0 Å². The second-order valence-electron chi connectivity index (χ2n) is 4.02. The van der Waals surface area contributed by atoms with Crippen molar-refractivity contribution >= 4 is 21.6 Å². The first-order valence-electron chi connectivity index (χ1n) is 5.42. The van der Waals surface area contributed by atoms with Crippen LogP contribution in [0.4, 0.5) is 5.69 Å². The summed E-state index contributed by atoms with van der Waals surface area (Å²) >= 11 is 0. The molecule has 0 radical (unpaired) electrons. The summed E-state index contributed by atoms with van der Waals surface area (Å²) in [4.78, 5) is 11.1. The first-order valence-corrected chi connectivity index (χ1v) is 6.86. The molecule has 0 bridgehead atoms. The van der Waals surface area contributed by atoms with E-state index in [1.807, 2.05) is 0 Å². The Bertz CT molecular complexity index is 583. The maximum atomic E-state index is 12.2. The number of hydrogen-bond donors (Lipinski definition) is 1. The van der Waals surface area contributed by atoms with E-state index in [9.17, 15) is 13.2 Å². The van der Waals surface area contributed by atoms with E-state index in [1.165, 1.54) is 24.3 Å². The van der Waals surface area contributed by atoms with Crippen molar-refractivity contribution in [1.29, 1.82) is 0 Å². The quantitative estimate of drug-likeness (QED) is 0.813. The third-order valence-electron chi connectivity index (χ3n) is 2.62. The van der Waals surface area contributed by atoms with Crippen molar-refractivity contribution in [2.45, 2.75) is 11.8 Å². The summed E-state index contributed by atoms with van der Waals surface area (Å²) < 4.78 is 31.0. The van der Waals surface area contributed by atoms with E-state index >= 15 is 0 Å². The molecule has 0 aliphatic carbocycles. The lowest BCUT2D eigenvalue weighted by Gasteiger charge is -2.13. The lowest BCUT2D eigenvalue weighted by molar-refractivity contribution is -0.114. The standard InChI is InChI=1S/C11H14N2O4S/c1-8(14)12-9-3-4-10-11(7-9)18(15,16)13(2)5-6-17-10/h3-4,7H,5-6H2,1-2H3,(H,12,14). The molecule has 0 aromatic heterocycles. The zero-order chi connectivity index (χ0) is 13.3. The molecule has 1 aromatic carbocycles. The minimum Gasteiger partial charge on any atom is -0.491 e. The molecule has 0 saturated carbocycles. The highest BCUT2D eigenvalue weighted by atomic mass is 32.2. The molecule has 0 saturated heterocycles. The van der Waals surface area contributed by atoms with Crippen molar-refractivity contribution in [2.24, 2.45) is 0 Å². The number of hydrogen-bond acceptors (Lipinski definition) is 4. The maximum Gasteiger partial charge on any atom is 0.246 e. The molecule has 1 aliphatic heterocycles. The van der Waals surface area contributed by atoms with Gasteiger partial charge in [-0.25, -0.2) is 8.42 Å².